The van der Waals surface area contributed by atoms with E-state index in [0.717, 1.165) is 30.3 Å². The molecule has 1 heterocycles. The number of hydrogen-bond donors (Lipinski definition) is 1. The lowest BCUT2D eigenvalue weighted by molar-refractivity contribution is 0.0226. The second kappa shape index (κ2) is 6.31. The van der Waals surface area contributed by atoms with Crippen molar-refractivity contribution in [3.05, 3.63) is 47.4 Å². The van der Waals surface area contributed by atoms with Gasteiger partial charge < -0.3 is 15.0 Å². The van der Waals surface area contributed by atoms with E-state index in [9.17, 15) is 0 Å². The summed E-state index contributed by atoms with van der Waals surface area (Å²) >= 11 is 0. The SMILES string of the molecule is CCc1nc(CC(C)(C)OC)c(N)n1Cc1ccccc1. The third kappa shape index (κ3) is 3.64. The molecule has 21 heavy (non-hydrogen) atoms. The first kappa shape index (κ1) is 15.6. The van der Waals surface area contributed by atoms with Gasteiger partial charge in [0.05, 0.1) is 17.8 Å². The molecule has 0 amide bonds. The monoisotopic (exact) mass is 287 g/mol. The van der Waals surface area contributed by atoms with Crippen molar-refractivity contribution in [2.24, 2.45) is 0 Å². The van der Waals surface area contributed by atoms with Crippen LogP contribution in [0.4, 0.5) is 5.82 Å². The highest BCUT2D eigenvalue weighted by Crippen LogP contribution is 2.23. The molecule has 4 heteroatoms. The molecule has 2 N–H and O–H groups in total. The topological polar surface area (TPSA) is 53.1 Å². The Morgan fingerprint density at radius 2 is 1.90 bits per heavy atom. The summed E-state index contributed by atoms with van der Waals surface area (Å²) in [7, 11) is 1.72. The zero-order chi connectivity index (χ0) is 15.5. The number of ether oxygens (including phenoxy) is 1. The van der Waals surface area contributed by atoms with Crippen molar-refractivity contribution in [1.29, 1.82) is 0 Å². The summed E-state index contributed by atoms with van der Waals surface area (Å²) in [5.41, 5.74) is 8.23. The molecule has 0 bridgehead atoms. The van der Waals surface area contributed by atoms with Crippen molar-refractivity contribution in [2.75, 3.05) is 12.8 Å². The van der Waals surface area contributed by atoms with Crippen LogP contribution in [0.2, 0.25) is 0 Å². The molecule has 0 unspecified atom stereocenters. The number of aromatic nitrogens is 2. The van der Waals surface area contributed by atoms with Crippen LogP contribution in [0.3, 0.4) is 0 Å². The van der Waals surface area contributed by atoms with Crippen LogP contribution >= 0.6 is 0 Å². The van der Waals surface area contributed by atoms with Crippen LogP contribution in [-0.4, -0.2) is 22.3 Å². The maximum Gasteiger partial charge on any atom is 0.127 e. The van der Waals surface area contributed by atoms with E-state index in [2.05, 4.69) is 23.6 Å². The standard InChI is InChI=1S/C17H25N3O/c1-5-15-19-14(11-17(2,3)21-4)16(18)20(15)12-13-9-7-6-8-10-13/h6-10H,5,11-12,18H2,1-4H3. The first-order valence-corrected chi connectivity index (χ1v) is 7.39. The normalized spacial score (nSPS) is 11.8. The molecule has 4 nitrogen and oxygen atoms in total. The van der Waals surface area contributed by atoms with Crippen LogP contribution in [0, 0.1) is 0 Å². The molecule has 0 saturated carbocycles. The van der Waals surface area contributed by atoms with Crippen LogP contribution in [0.5, 0.6) is 0 Å². The fourth-order valence-corrected chi connectivity index (χ4v) is 2.39. The molecule has 0 fully saturated rings. The molecule has 1 aromatic heterocycles. The zero-order valence-corrected chi connectivity index (χ0v) is 13.4. The number of hydrogen-bond acceptors (Lipinski definition) is 3. The van der Waals surface area contributed by atoms with Gasteiger partial charge in [-0.3, -0.25) is 0 Å². The van der Waals surface area contributed by atoms with Crippen LogP contribution in [0.15, 0.2) is 30.3 Å². The van der Waals surface area contributed by atoms with Gasteiger partial charge in [-0.1, -0.05) is 37.3 Å². The van der Waals surface area contributed by atoms with E-state index in [4.69, 9.17) is 15.5 Å². The highest BCUT2D eigenvalue weighted by Gasteiger charge is 2.23. The van der Waals surface area contributed by atoms with E-state index >= 15 is 0 Å². The van der Waals surface area contributed by atoms with Gasteiger partial charge in [-0.05, 0) is 19.4 Å². The largest absolute Gasteiger partial charge is 0.384 e. The van der Waals surface area contributed by atoms with Crippen LogP contribution in [-0.2, 0) is 24.1 Å². The Kier molecular flexibility index (Phi) is 4.68. The van der Waals surface area contributed by atoms with E-state index < -0.39 is 0 Å². The molecule has 0 radical (unpaired) electrons. The molecular formula is C17H25N3O. The van der Waals surface area contributed by atoms with Crippen molar-refractivity contribution in [3.63, 3.8) is 0 Å². The van der Waals surface area contributed by atoms with E-state index in [1.165, 1.54) is 5.56 Å². The van der Waals surface area contributed by atoms with Crippen molar-refractivity contribution < 1.29 is 4.74 Å². The number of methoxy groups -OCH3 is 1. The molecule has 2 rings (SSSR count). The Hall–Kier alpha value is -1.81. The highest BCUT2D eigenvalue weighted by atomic mass is 16.5. The van der Waals surface area contributed by atoms with E-state index in [1.54, 1.807) is 7.11 Å². The van der Waals surface area contributed by atoms with Gasteiger partial charge in [-0.25, -0.2) is 4.98 Å². The van der Waals surface area contributed by atoms with Gasteiger partial charge in [-0.2, -0.15) is 0 Å². The Bertz CT molecular complexity index is 588. The van der Waals surface area contributed by atoms with Gasteiger partial charge in [0.15, 0.2) is 0 Å². The van der Waals surface area contributed by atoms with Gasteiger partial charge in [0.2, 0.25) is 0 Å². The highest BCUT2D eigenvalue weighted by molar-refractivity contribution is 5.40. The van der Waals surface area contributed by atoms with Crippen molar-refractivity contribution in [3.8, 4) is 0 Å². The van der Waals surface area contributed by atoms with Crippen molar-refractivity contribution >= 4 is 5.82 Å². The number of nitrogens with two attached hydrogens (primary N) is 1. The summed E-state index contributed by atoms with van der Waals surface area (Å²) in [6.45, 7) is 6.97. The predicted molar refractivity (Wildman–Crippen MR) is 86.4 cm³/mol. The lowest BCUT2D eigenvalue weighted by atomic mass is 10.0. The Morgan fingerprint density at radius 3 is 2.48 bits per heavy atom. The number of benzene rings is 1. The average molecular weight is 287 g/mol. The Balaban J connectivity index is 2.31. The molecule has 0 atom stereocenters. The molecule has 0 spiro atoms. The summed E-state index contributed by atoms with van der Waals surface area (Å²) in [5, 5.41) is 0. The summed E-state index contributed by atoms with van der Waals surface area (Å²) in [4.78, 5) is 4.72. The first-order chi connectivity index (χ1) is 9.96. The Labute approximate surface area is 127 Å². The van der Waals surface area contributed by atoms with Gasteiger partial charge in [-0.15, -0.1) is 0 Å². The number of nitrogen functional groups attached to an aromatic ring is 1. The fourth-order valence-electron chi connectivity index (χ4n) is 2.39. The van der Waals surface area contributed by atoms with Gasteiger partial charge in [0, 0.05) is 20.0 Å². The number of nitrogens with zero attached hydrogens (tertiary/aromatic N) is 2. The summed E-state index contributed by atoms with van der Waals surface area (Å²) < 4.78 is 7.60. The number of aryl methyl sites for hydroxylation is 1. The predicted octanol–water partition coefficient (Wildman–Crippen LogP) is 3.04. The first-order valence-electron chi connectivity index (χ1n) is 7.39. The minimum Gasteiger partial charge on any atom is -0.384 e. The summed E-state index contributed by atoms with van der Waals surface area (Å²) in [6, 6.07) is 10.3. The van der Waals surface area contributed by atoms with Gasteiger partial charge in [0.25, 0.3) is 0 Å². The third-order valence-corrected chi connectivity index (χ3v) is 3.81. The lowest BCUT2D eigenvalue weighted by Gasteiger charge is -2.21. The van der Waals surface area contributed by atoms with E-state index in [-0.39, 0.29) is 5.60 Å². The average Bonchev–Trinajstić information content (AvgIpc) is 2.76. The maximum absolute atomic E-state index is 6.33. The smallest absolute Gasteiger partial charge is 0.127 e. The second-order valence-electron chi connectivity index (χ2n) is 5.93. The Morgan fingerprint density at radius 1 is 1.24 bits per heavy atom. The molecular weight excluding hydrogens is 262 g/mol. The number of anilines is 1. The quantitative estimate of drug-likeness (QED) is 0.888. The third-order valence-electron chi connectivity index (χ3n) is 3.81. The summed E-state index contributed by atoms with van der Waals surface area (Å²) in [6.07, 6.45) is 1.58. The minimum atomic E-state index is -0.259. The number of imidazole rings is 1. The fraction of sp³-hybridized carbons (Fsp3) is 0.471. The van der Waals surface area contributed by atoms with Crippen LogP contribution < -0.4 is 5.73 Å². The maximum atomic E-state index is 6.33. The van der Waals surface area contributed by atoms with Crippen molar-refractivity contribution in [1.82, 2.24) is 9.55 Å². The van der Waals surface area contributed by atoms with Crippen LogP contribution in [0.25, 0.3) is 0 Å². The minimum absolute atomic E-state index is 0.259. The second-order valence-corrected chi connectivity index (χ2v) is 5.93. The van der Waals surface area contributed by atoms with Crippen LogP contribution in [0.1, 0.15) is 37.9 Å². The molecule has 0 aliphatic heterocycles. The molecule has 0 aliphatic rings. The number of rotatable bonds is 6. The van der Waals surface area contributed by atoms with Crippen molar-refractivity contribution in [2.45, 2.75) is 45.8 Å². The summed E-state index contributed by atoms with van der Waals surface area (Å²) in [5.74, 6) is 1.78. The molecule has 2 aromatic rings. The lowest BCUT2D eigenvalue weighted by Crippen LogP contribution is -2.26. The molecule has 1 aromatic carbocycles. The zero-order valence-electron chi connectivity index (χ0n) is 13.4. The van der Waals surface area contributed by atoms with E-state index in [0.29, 0.717) is 6.42 Å². The van der Waals surface area contributed by atoms with Gasteiger partial charge in [0.1, 0.15) is 11.6 Å². The molecule has 0 saturated heterocycles. The van der Waals surface area contributed by atoms with Gasteiger partial charge >= 0.3 is 0 Å². The molecule has 0 aliphatic carbocycles. The van der Waals surface area contributed by atoms with E-state index in [1.807, 2.05) is 32.0 Å². The molecule has 114 valence electrons.